The van der Waals surface area contributed by atoms with Crippen molar-refractivity contribution in [3.8, 4) is 0 Å². The molecule has 7 nitrogen and oxygen atoms in total. The van der Waals surface area contributed by atoms with Crippen molar-refractivity contribution in [3.63, 3.8) is 0 Å². The van der Waals surface area contributed by atoms with Crippen LogP contribution in [0.25, 0.3) is 0 Å². The van der Waals surface area contributed by atoms with E-state index in [0.29, 0.717) is 30.6 Å². The van der Waals surface area contributed by atoms with E-state index in [-0.39, 0.29) is 17.9 Å². The quantitative estimate of drug-likeness (QED) is 0.672. The van der Waals surface area contributed by atoms with Crippen LogP contribution in [0.4, 0.5) is 11.6 Å². The molecule has 0 unspecified atom stereocenters. The van der Waals surface area contributed by atoms with Crippen molar-refractivity contribution in [2.45, 2.75) is 33.1 Å². The second-order valence-electron chi connectivity index (χ2n) is 5.85. The maximum absolute atomic E-state index is 11.7. The van der Waals surface area contributed by atoms with E-state index in [0.717, 1.165) is 5.56 Å². The number of rotatable bonds is 6. The van der Waals surface area contributed by atoms with E-state index in [9.17, 15) is 4.79 Å². The van der Waals surface area contributed by atoms with Crippen molar-refractivity contribution in [1.29, 1.82) is 0 Å². The number of carbonyl (C=O) groups excluding carboxylic acids is 1. The van der Waals surface area contributed by atoms with Gasteiger partial charge in [0.05, 0.1) is 13.2 Å². The number of nitrogens with two attached hydrogens (primary N) is 1. The Bertz CT molecular complexity index is 497. The van der Waals surface area contributed by atoms with E-state index >= 15 is 0 Å². The smallest absolute Gasteiger partial charge is 0.239 e. The highest BCUT2D eigenvalue weighted by Crippen LogP contribution is 2.24. The van der Waals surface area contributed by atoms with Gasteiger partial charge in [-0.3, -0.25) is 4.79 Å². The summed E-state index contributed by atoms with van der Waals surface area (Å²) in [5, 5.41) is 5.74. The zero-order chi connectivity index (χ0) is 16.0. The molecule has 1 amide bonds. The number of nitrogens with one attached hydrogen (secondary N) is 2. The summed E-state index contributed by atoms with van der Waals surface area (Å²) in [7, 11) is 1.59. The Morgan fingerprint density at radius 1 is 1.33 bits per heavy atom. The summed E-state index contributed by atoms with van der Waals surface area (Å²) in [5.74, 6) is 1.54. The van der Waals surface area contributed by atoms with E-state index in [4.69, 9.17) is 10.5 Å². The number of ether oxygens (including phenoxy) is 1. The molecule has 0 spiro atoms. The lowest BCUT2D eigenvalue weighted by Crippen LogP contribution is -2.32. The number of hydrogen-bond acceptors (Lipinski definition) is 6. The molecule has 1 aromatic heterocycles. The third kappa shape index (κ3) is 5.18. The highest BCUT2D eigenvalue weighted by Gasteiger charge is 2.20. The molecular weight excluding hydrogens is 270 g/mol. The number of hydrogen-bond donors (Lipinski definition) is 3. The molecule has 1 heterocycles. The number of nitrogens with zero attached hydrogens (tertiary/aromatic N) is 2. The summed E-state index contributed by atoms with van der Waals surface area (Å²) in [6.07, 6.45) is 0. The summed E-state index contributed by atoms with van der Waals surface area (Å²) < 4.78 is 4.87. The highest BCUT2D eigenvalue weighted by molar-refractivity contribution is 5.80. The molecule has 0 aromatic carbocycles. The summed E-state index contributed by atoms with van der Waals surface area (Å²) in [5.41, 5.74) is 6.45. The predicted octanol–water partition coefficient (Wildman–Crippen LogP) is 0.839. The van der Waals surface area contributed by atoms with E-state index in [1.165, 1.54) is 0 Å². The van der Waals surface area contributed by atoms with Crippen LogP contribution in [-0.2, 0) is 14.9 Å². The number of carbonyl (C=O) groups is 1. The molecule has 0 radical (unpaired) electrons. The largest absolute Gasteiger partial charge is 0.383 e. The molecule has 0 saturated heterocycles. The normalized spacial score (nSPS) is 11.3. The number of anilines is 2. The van der Waals surface area contributed by atoms with Crippen molar-refractivity contribution >= 4 is 17.5 Å². The average Bonchev–Trinajstić information content (AvgIpc) is 2.39. The Kier molecular flexibility index (Phi) is 5.90. The second-order valence-corrected chi connectivity index (χ2v) is 5.85. The summed E-state index contributed by atoms with van der Waals surface area (Å²) in [6.45, 7) is 8.96. The van der Waals surface area contributed by atoms with Gasteiger partial charge in [-0.25, -0.2) is 9.97 Å². The van der Waals surface area contributed by atoms with Gasteiger partial charge in [0.1, 0.15) is 17.5 Å². The van der Waals surface area contributed by atoms with Gasteiger partial charge in [-0.2, -0.15) is 0 Å². The lowest BCUT2D eigenvalue weighted by Gasteiger charge is -2.19. The number of aromatic nitrogens is 2. The van der Waals surface area contributed by atoms with Crippen LogP contribution < -0.4 is 16.4 Å². The first-order chi connectivity index (χ1) is 9.75. The van der Waals surface area contributed by atoms with Crippen molar-refractivity contribution in [3.05, 3.63) is 11.4 Å². The molecule has 1 aromatic rings. The maximum Gasteiger partial charge on any atom is 0.239 e. The van der Waals surface area contributed by atoms with E-state index in [1.807, 2.05) is 27.7 Å². The van der Waals surface area contributed by atoms with Crippen molar-refractivity contribution in [2.24, 2.45) is 0 Å². The minimum atomic E-state index is -0.209. The maximum atomic E-state index is 11.7. The topological polar surface area (TPSA) is 102 Å². The molecule has 0 atom stereocenters. The molecule has 7 heteroatoms. The fourth-order valence-electron chi connectivity index (χ4n) is 1.56. The number of nitrogen functional groups attached to an aromatic ring is 1. The summed E-state index contributed by atoms with van der Waals surface area (Å²) in [4.78, 5) is 20.4. The van der Waals surface area contributed by atoms with Crippen molar-refractivity contribution in [2.75, 3.05) is 37.9 Å². The Morgan fingerprint density at radius 2 is 2.00 bits per heavy atom. The Hall–Kier alpha value is -1.89. The van der Waals surface area contributed by atoms with Gasteiger partial charge in [0.2, 0.25) is 5.91 Å². The minimum absolute atomic E-state index is 0.124. The SMILES string of the molecule is COCCNC(=O)CNc1nc(C(C)(C)C)nc(N)c1C. The molecular formula is C14H25N5O2. The Balaban J connectivity index is 2.74. The minimum Gasteiger partial charge on any atom is -0.383 e. The van der Waals surface area contributed by atoms with Gasteiger partial charge in [0.15, 0.2) is 0 Å². The third-order valence-electron chi connectivity index (χ3n) is 2.90. The van der Waals surface area contributed by atoms with Gasteiger partial charge in [0.25, 0.3) is 0 Å². The van der Waals surface area contributed by atoms with Gasteiger partial charge < -0.3 is 21.1 Å². The monoisotopic (exact) mass is 295 g/mol. The predicted molar refractivity (Wildman–Crippen MR) is 83.3 cm³/mol. The Morgan fingerprint density at radius 3 is 2.57 bits per heavy atom. The van der Waals surface area contributed by atoms with Crippen LogP contribution in [0.5, 0.6) is 0 Å². The van der Waals surface area contributed by atoms with Gasteiger partial charge >= 0.3 is 0 Å². The highest BCUT2D eigenvalue weighted by atomic mass is 16.5. The van der Waals surface area contributed by atoms with Crippen LogP contribution in [0.3, 0.4) is 0 Å². The molecule has 0 fully saturated rings. The van der Waals surface area contributed by atoms with E-state index in [2.05, 4.69) is 20.6 Å². The van der Waals surface area contributed by atoms with Crippen LogP contribution in [0.2, 0.25) is 0 Å². The molecule has 4 N–H and O–H groups in total. The van der Waals surface area contributed by atoms with Crippen LogP contribution in [0.15, 0.2) is 0 Å². The Labute approximate surface area is 125 Å². The fraction of sp³-hybridized carbons (Fsp3) is 0.643. The first-order valence-corrected chi connectivity index (χ1v) is 6.89. The van der Waals surface area contributed by atoms with Gasteiger partial charge in [-0.05, 0) is 6.92 Å². The molecule has 0 aliphatic rings. The first kappa shape index (κ1) is 17.2. The van der Waals surface area contributed by atoms with Crippen molar-refractivity contribution < 1.29 is 9.53 Å². The molecule has 0 aliphatic heterocycles. The average molecular weight is 295 g/mol. The van der Waals surface area contributed by atoms with Crippen LogP contribution in [-0.4, -0.2) is 42.7 Å². The summed E-state index contributed by atoms with van der Waals surface area (Å²) >= 11 is 0. The third-order valence-corrected chi connectivity index (χ3v) is 2.90. The standard InChI is InChI=1S/C14H25N5O2/c1-9-11(15)18-13(14(2,3)4)19-12(9)17-8-10(20)16-6-7-21-5/h6-8H2,1-5H3,(H,16,20)(H3,15,17,18,19). The molecule has 0 saturated carbocycles. The molecule has 0 aliphatic carbocycles. The van der Waals surface area contributed by atoms with Gasteiger partial charge in [-0.1, -0.05) is 20.8 Å². The van der Waals surface area contributed by atoms with Gasteiger partial charge in [-0.15, -0.1) is 0 Å². The van der Waals surface area contributed by atoms with Crippen LogP contribution in [0.1, 0.15) is 32.2 Å². The molecule has 118 valence electrons. The molecule has 0 bridgehead atoms. The van der Waals surface area contributed by atoms with Gasteiger partial charge in [0, 0.05) is 24.6 Å². The summed E-state index contributed by atoms with van der Waals surface area (Å²) in [6, 6.07) is 0. The zero-order valence-corrected chi connectivity index (χ0v) is 13.4. The molecule has 1 rings (SSSR count). The fourth-order valence-corrected chi connectivity index (χ4v) is 1.56. The van der Waals surface area contributed by atoms with Crippen LogP contribution in [0, 0.1) is 6.92 Å². The second kappa shape index (κ2) is 7.21. The number of methoxy groups -OCH3 is 1. The first-order valence-electron chi connectivity index (χ1n) is 6.89. The molecule has 21 heavy (non-hydrogen) atoms. The van der Waals surface area contributed by atoms with Crippen molar-refractivity contribution in [1.82, 2.24) is 15.3 Å². The van der Waals surface area contributed by atoms with E-state index < -0.39 is 0 Å². The van der Waals surface area contributed by atoms with Crippen LogP contribution >= 0.6 is 0 Å². The zero-order valence-electron chi connectivity index (χ0n) is 13.4. The lowest BCUT2D eigenvalue weighted by atomic mass is 9.95. The number of amides is 1. The van der Waals surface area contributed by atoms with E-state index in [1.54, 1.807) is 7.11 Å². The lowest BCUT2D eigenvalue weighted by molar-refractivity contribution is -0.119.